The minimum absolute atomic E-state index is 0.0847. The van der Waals surface area contributed by atoms with Gasteiger partial charge in [0, 0.05) is 6.42 Å². The minimum atomic E-state index is -0.827. The van der Waals surface area contributed by atoms with Crippen LogP contribution in [0.2, 0.25) is 0 Å². The topological polar surface area (TPSA) is 69.6 Å². The summed E-state index contributed by atoms with van der Waals surface area (Å²) in [6, 6.07) is -0.609. The van der Waals surface area contributed by atoms with Crippen LogP contribution in [0.5, 0.6) is 0 Å². The molecule has 4 nitrogen and oxygen atoms in total. The summed E-state index contributed by atoms with van der Waals surface area (Å²) >= 11 is 0. The largest absolute Gasteiger partial charge is 0.394 e. The molecule has 0 fully saturated rings. The first kappa shape index (κ1) is 29.1. The van der Waals surface area contributed by atoms with E-state index in [9.17, 15) is 15.0 Å². The molecule has 4 heteroatoms. The van der Waals surface area contributed by atoms with E-state index in [0.717, 1.165) is 38.5 Å². The fourth-order valence-electron chi connectivity index (χ4n) is 3.70. The molecule has 0 aromatic heterocycles. The van der Waals surface area contributed by atoms with Crippen molar-refractivity contribution in [2.24, 2.45) is 0 Å². The fourth-order valence-corrected chi connectivity index (χ4v) is 3.70. The first-order valence-electron chi connectivity index (χ1n) is 12.9. The van der Waals surface area contributed by atoms with E-state index in [1.807, 2.05) is 6.08 Å². The average molecular weight is 426 g/mol. The predicted octanol–water partition coefficient (Wildman–Crippen LogP) is 6.44. The predicted molar refractivity (Wildman–Crippen MR) is 129 cm³/mol. The van der Waals surface area contributed by atoms with E-state index < -0.39 is 12.1 Å². The van der Waals surface area contributed by atoms with Gasteiger partial charge in [-0.1, -0.05) is 116 Å². The molecule has 0 aliphatic carbocycles. The van der Waals surface area contributed by atoms with Crippen molar-refractivity contribution in [3.8, 4) is 0 Å². The third kappa shape index (κ3) is 19.1. The van der Waals surface area contributed by atoms with Crippen LogP contribution in [0.3, 0.4) is 0 Å². The van der Waals surface area contributed by atoms with Crippen molar-refractivity contribution in [1.29, 1.82) is 0 Å². The molecule has 0 aromatic rings. The highest BCUT2D eigenvalue weighted by Gasteiger charge is 2.17. The molecule has 3 N–H and O–H groups in total. The Balaban J connectivity index is 3.65. The monoisotopic (exact) mass is 425 g/mol. The van der Waals surface area contributed by atoms with E-state index in [1.165, 1.54) is 70.6 Å². The fraction of sp³-hybridized carbons (Fsp3) is 0.885. The average Bonchev–Trinajstić information content (AvgIpc) is 2.75. The normalized spacial score (nSPS) is 13.6. The molecule has 2 unspecified atom stereocenters. The van der Waals surface area contributed by atoms with Crippen molar-refractivity contribution >= 4 is 5.91 Å². The van der Waals surface area contributed by atoms with E-state index in [0.29, 0.717) is 6.42 Å². The van der Waals surface area contributed by atoms with E-state index in [1.54, 1.807) is 6.08 Å². The second kappa shape index (κ2) is 22.8. The van der Waals surface area contributed by atoms with Gasteiger partial charge in [-0.15, -0.1) is 0 Å². The van der Waals surface area contributed by atoms with E-state index in [-0.39, 0.29) is 12.5 Å². The molecule has 0 saturated heterocycles. The summed E-state index contributed by atoms with van der Waals surface area (Å²) in [5.41, 5.74) is 0. The number of carbonyl (C=O) groups is 1. The molecule has 2 atom stereocenters. The van der Waals surface area contributed by atoms with Crippen LogP contribution in [0.15, 0.2) is 12.2 Å². The smallest absolute Gasteiger partial charge is 0.220 e. The Hall–Kier alpha value is -0.870. The highest BCUT2D eigenvalue weighted by Crippen LogP contribution is 2.12. The summed E-state index contributed by atoms with van der Waals surface area (Å²) in [7, 11) is 0. The first-order valence-corrected chi connectivity index (χ1v) is 12.9. The molecule has 0 bridgehead atoms. The summed E-state index contributed by atoms with van der Waals surface area (Å²) in [6.07, 6.45) is 24.5. The zero-order valence-corrected chi connectivity index (χ0v) is 20.0. The van der Waals surface area contributed by atoms with E-state index in [4.69, 9.17) is 0 Å². The summed E-state index contributed by atoms with van der Waals surface area (Å²) in [5, 5.41) is 22.4. The van der Waals surface area contributed by atoms with E-state index >= 15 is 0 Å². The minimum Gasteiger partial charge on any atom is -0.394 e. The number of hydrogen-bond acceptors (Lipinski definition) is 3. The van der Waals surface area contributed by atoms with Crippen molar-refractivity contribution in [1.82, 2.24) is 5.32 Å². The van der Waals surface area contributed by atoms with Crippen molar-refractivity contribution in [2.45, 2.75) is 142 Å². The van der Waals surface area contributed by atoms with Crippen LogP contribution in [-0.4, -0.2) is 34.9 Å². The van der Waals surface area contributed by atoms with E-state index in [2.05, 4.69) is 19.2 Å². The van der Waals surface area contributed by atoms with Gasteiger partial charge >= 0.3 is 0 Å². The lowest BCUT2D eigenvalue weighted by Gasteiger charge is -2.19. The molecule has 0 radical (unpaired) electrons. The number of aliphatic hydroxyl groups is 2. The molecule has 0 aliphatic heterocycles. The lowest BCUT2D eigenvalue weighted by atomic mass is 10.0. The Morgan fingerprint density at radius 2 is 1.23 bits per heavy atom. The van der Waals surface area contributed by atoms with Crippen LogP contribution in [0.1, 0.15) is 129 Å². The summed E-state index contributed by atoms with van der Waals surface area (Å²) in [6.45, 7) is 4.16. The summed E-state index contributed by atoms with van der Waals surface area (Å²) in [4.78, 5) is 11.9. The zero-order valence-electron chi connectivity index (χ0n) is 20.0. The van der Waals surface area contributed by atoms with Crippen LogP contribution >= 0.6 is 0 Å². The van der Waals surface area contributed by atoms with Gasteiger partial charge in [0.1, 0.15) is 0 Å². The van der Waals surface area contributed by atoms with Gasteiger partial charge in [-0.3, -0.25) is 4.79 Å². The third-order valence-electron chi connectivity index (χ3n) is 5.77. The van der Waals surface area contributed by atoms with Gasteiger partial charge < -0.3 is 15.5 Å². The number of aliphatic hydroxyl groups excluding tert-OH is 2. The van der Waals surface area contributed by atoms with Crippen LogP contribution < -0.4 is 5.32 Å². The molecule has 30 heavy (non-hydrogen) atoms. The van der Waals surface area contributed by atoms with Crippen LogP contribution in [-0.2, 0) is 4.79 Å². The lowest BCUT2D eigenvalue weighted by molar-refractivity contribution is -0.123. The van der Waals surface area contributed by atoms with Crippen molar-refractivity contribution in [3.63, 3.8) is 0 Å². The van der Waals surface area contributed by atoms with Crippen LogP contribution in [0, 0.1) is 0 Å². The number of unbranched alkanes of at least 4 members (excludes halogenated alkanes) is 15. The number of amides is 1. The quantitative estimate of drug-likeness (QED) is 0.138. The number of rotatable bonds is 22. The van der Waals surface area contributed by atoms with Gasteiger partial charge in [0.15, 0.2) is 0 Å². The SMILES string of the molecule is CCCCCCCCCCCCCC/C=C/C(O)C(CO)NC(=O)CCCCCC. The van der Waals surface area contributed by atoms with Gasteiger partial charge in [-0.25, -0.2) is 0 Å². The molecular formula is C26H51NO3. The van der Waals surface area contributed by atoms with Crippen molar-refractivity contribution in [2.75, 3.05) is 6.61 Å². The van der Waals surface area contributed by atoms with Crippen molar-refractivity contribution in [3.05, 3.63) is 12.2 Å². The maximum atomic E-state index is 11.9. The Labute approximate surface area is 186 Å². The lowest BCUT2D eigenvalue weighted by Crippen LogP contribution is -2.45. The van der Waals surface area contributed by atoms with Gasteiger partial charge in [0.05, 0.1) is 18.8 Å². The highest BCUT2D eigenvalue weighted by atomic mass is 16.3. The molecule has 1 amide bonds. The molecular weight excluding hydrogens is 374 g/mol. The summed E-state index contributed by atoms with van der Waals surface area (Å²) < 4.78 is 0. The van der Waals surface area contributed by atoms with Crippen molar-refractivity contribution < 1.29 is 15.0 Å². The highest BCUT2D eigenvalue weighted by molar-refractivity contribution is 5.76. The second-order valence-electron chi connectivity index (χ2n) is 8.76. The number of allylic oxidation sites excluding steroid dienone is 1. The second-order valence-corrected chi connectivity index (χ2v) is 8.76. The molecule has 0 heterocycles. The number of nitrogens with one attached hydrogen (secondary N) is 1. The maximum absolute atomic E-state index is 11.9. The Morgan fingerprint density at radius 1 is 0.767 bits per heavy atom. The molecule has 0 aliphatic rings. The van der Waals surface area contributed by atoms with Crippen LogP contribution in [0.4, 0.5) is 0 Å². The third-order valence-corrected chi connectivity index (χ3v) is 5.77. The van der Waals surface area contributed by atoms with Gasteiger partial charge in [0.2, 0.25) is 5.91 Å². The zero-order chi connectivity index (χ0) is 22.3. The standard InChI is InChI=1S/C26H51NO3/c1-3-5-7-9-10-11-12-13-14-15-16-17-18-19-21-25(29)24(23-28)27-26(30)22-20-8-6-4-2/h19,21,24-25,28-29H,3-18,20,22-23H2,1-2H3,(H,27,30)/b21-19+. The van der Waals surface area contributed by atoms with Gasteiger partial charge in [-0.2, -0.15) is 0 Å². The number of carbonyl (C=O) groups excluding carboxylic acids is 1. The molecule has 178 valence electrons. The Morgan fingerprint density at radius 3 is 1.73 bits per heavy atom. The first-order chi connectivity index (χ1) is 14.7. The summed E-state index contributed by atoms with van der Waals surface area (Å²) in [5.74, 6) is -0.0847. The Kier molecular flexibility index (Phi) is 22.1. The maximum Gasteiger partial charge on any atom is 0.220 e. The van der Waals surface area contributed by atoms with Gasteiger partial charge in [0.25, 0.3) is 0 Å². The van der Waals surface area contributed by atoms with Crippen LogP contribution in [0.25, 0.3) is 0 Å². The molecule has 0 aromatic carbocycles. The Bertz CT molecular complexity index is 398. The molecule has 0 rings (SSSR count). The number of hydrogen-bond donors (Lipinski definition) is 3. The van der Waals surface area contributed by atoms with Gasteiger partial charge in [-0.05, 0) is 19.3 Å². The molecule has 0 saturated carbocycles. The molecule has 0 spiro atoms.